The topological polar surface area (TPSA) is 42.9 Å². The van der Waals surface area contributed by atoms with Crippen LogP contribution in [0, 0.1) is 0 Å². The van der Waals surface area contributed by atoms with E-state index in [1.165, 1.54) is 10.7 Å². The molecule has 154 valence electrons. The minimum absolute atomic E-state index is 0. The monoisotopic (exact) mass is 513 g/mol. The van der Waals surface area contributed by atoms with Crippen molar-refractivity contribution in [2.75, 3.05) is 43.5 Å². The van der Waals surface area contributed by atoms with Gasteiger partial charge in [0.25, 0.3) is 0 Å². The number of hydrogen-bond donors (Lipinski definition) is 2. The normalized spacial score (nSPS) is 16.2. The Morgan fingerprint density at radius 2 is 1.93 bits per heavy atom. The number of rotatable bonds is 6. The van der Waals surface area contributed by atoms with E-state index in [0.717, 1.165) is 38.4 Å². The van der Waals surface area contributed by atoms with Gasteiger partial charge in [-0.1, -0.05) is 18.2 Å². The zero-order valence-electron chi connectivity index (χ0n) is 17.0. The molecule has 1 unspecified atom stereocenters. The average molecular weight is 513 g/mol. The first-order valence-corrected chi connectivity index (χ1v) is 10.6. The second kappa shape index (κ2) is 11.5. The van der Waals surface area contributed by atoms with Gasteiger partial charge in [0, 0.05) is 51.5 Å². The zero-order chi connectivity index (χ0) is 19.1. The zero-order valence-corrected chi connectivity index (χ0v) is 20.1. The van der Waals surface area contributed by atoms with Gasteiger partial charge < -0.3 is 20.4 Å². The number of piperidine rings is 1. The van der Waals surface area contributed by atoms with Crippen molar-refractivity contribution in [2.24, 2.45) is 4.99 Å². The molecule has 28 heavy (non-hydrogen) atoms. The SMILES string of the molecule is CN=C(NCC(C)N(C)c1ccccc1)NC1CCN(c2cccs2)CC1.I. The van der Waals surface area contributed by atoms with Crippen LogP contribution in [0.3, 0.4) is 0 Å². The number of para-hydroxylation sites is 1. The molecular formula is C21H32IN5S. The van der Waals surface area contributed by atoms with Gasteiger partial charge in [-0.2, -0.15) is 0 Å². The van der Waals surface area contributed by atoms with Crippen LogP contribution < -0.4 is 20.4 Å². The summed E-state index contributed by atoms with van der Waals surface area (Å²) in [5, 5.41) is 10.6. The number of aliphatic imine (C=N–C) groups is 1. The molecule has 0 amide bonds. The quantitative estimate of drug-likeness (QED) is 0.348. The number of halogens is 1. The number of thiophene rings is 1. The van der Waals surface area contributed by atoms with E-state index in [4.69, 9.17) is 0 Å². The summed E-state index contributed by atoms with van der Waals surface area (Å²) in [6, 6.07) is 15.7. The Morgan fingerprint density at radius 1 is 1.21 bits per heavy atom. The highest BCUT2D eigenvalue weighted by Gasteiger charge is 2.21. The molecule has 0 bridgehead atoms. The molecule has 0 aliphatic carbocycles. The predicted molar refractivity (Wildman–Crippen MR) is 134 cm³/mol. The summed E-state index contributed by atoms with van der Waals surface area (Å²) >= 11 is 1.83. The number of anilines is 2. The van der Waals surface area contributed by atoms with Crippen molar-refractivity contribution in [2.45, 2.75) is 31.8 Å². The van der Waals surface area contributed by atoms with Crippen LogP contribution in [0.15, 0.2) is 52.8 Å². The number of nitrogens with zero attached hydrogens (tertiary/aromatic N) is 3. The van der Waals surface area contributed by atoms with E-state index in [-0.39, 0.29) is 24.0 Å². The highest BCUT2D eigenvalue weighted by Crippen LogP contribution is 2.24. The fourth-order valence-electron chi connectivity index (χ4n) is 3.38. The van der Waals surface area contributed by atoms with Crippen LogP contribution in [0.2, 0.25) is 0 Å². The van der Waals surface area contributed by atoms with Gasteiger partial charge in [0.15, 0.2) is 5.96 Å². The van der Waals surface area contributed by atoms with Crippen molar-refractivity contribution < 1.29 is 0 Å². The lowest BCUT2D eigenvalue weighted by Gasteiger charge is -2.34. The second-order valence-corrected chi connectivity index (χ2v) is 8.03. The Bertz CT molecular complexity index is 699. The van der Waals surface area contributed by atoms with E-state index >= 15 is 0 Å². The number of nitrogens with one attached hydrogen (secondary N) is 2. The van der Waals surface area contributed by atoms with Crippen LogP contribution in [-0.4, -0.2) is 51.8 Å². The van der Waals surface area contributed by atoms with E-state index < -0.39 is 0 Å². The number of guanidine groups is 1. The Balaban J connectivity index is 0.00000280. The molecule has 1 aliphatic heterocycles. The lowest BCUT2D eigenvalue weighted by molar-refractivity contribution is 0.462. The van der Waals surface area contributed by atoms with Crippen molar-refractivity contribution in [1.82, 2.24) is 10.6 Å². The summed E-state index contributed by atoms with van der Waals surface area (Å²) in [6.45, 7) is 5.27. The van der Waals surface area contributed by atoms with Crippen molar-refractivity contribution >= 4 is 52.0 Å². The van der Waals surface area contributed by atoms with Gasteiger partial charge in [-0.15, -0.1) is 35.3 Å². The maximum Gasteiger partial charge on any atom is 0.191 e. The van der Waals surface area contributed by atoms with Gasteiger partial charge in [0.05, 0.1) is 5.00 Å². The molecule has 3 rings (SSSR count). The van der Waals surface area contributed by atoms with Gasteiger partial charge >= 0.3 is 0 Å². The third-order valence-electron chi connectivity index (χ3n) is 5.27. The third kappa shape index (κ3) is 6.27. The van der Waals surface area contributed by atoms with Gasteiger partial charge in [-0.05, 0) is 49.4 Å². The molecule has 0 radical (unpaired) electrons. The molecule has 1 saturated heterocycles. The lowest BCUT2D eigenvalue weighted by atomic mass is 10.1. The maximum atomic E-state index is 4.42. The van der Waals surface area contributed by atoms with Crippen molar-refractivity contribution in [1.29, 1.82) is 0 Å². The first kappa shape index (κ1) is 22.8. The van der Waals surface area contributed by atoms with E-state index in [9.17, 15) is 0 Å². The molecule has 1 fully saturated rings. The summed E-state index contributed by atoms with van der Waals surface area (Å²) in [5.41, 5.74) is 1.23. The summed E-state index contributed by atoms with van der Waals surface area (Å²) in [7, 11) is 3.99. The van der Waals surface area contributed by atoms with Crippen LogP contribution >= 0.6 is 35.3 Å². The van der Waals surface area contributed by atoms with E-state index in [2.05, 4.69) is 87.2 Å². The summed E-state index contributed by atoms with van der Waals surface area (Å²) in [6.07, 6.45) is 2.27. The van der Waals surface area contributed by atoms with E-state index in [1.54, 1.807) is 0 Å². The number of benzene rings is 1. The molecule has 0 spiro atoms. The summed E-state index contributed by atoms with van der Waals surface area (Å²) < 4.78 is 0. The number of hydrogen-bond acceptors (Lipinski definition) is 4. The summed E-state index contributed by atoms with van der Waals surface area (Å²) in [5.74, 6) is 0.901. The van der Waals surface area contributed by atoms with Crippen LogP contribution in [-0.2, 0) is 0 Å². The molecule has 1 aromatic heterocycles. The van der Waals surface area contributed by atoms with Crippen molar-refractivity contribution in [3.05, 3.63) is 47.8 Å². The Kier molecular flexibility index (Phi) is 9.37. The highest BCUT2D eigenvalue weighted by atomic mass is 127. The largest absolute Gasteiger partial charge is 0.370 e. The van der Waals surface area contributed by atoms with Crippen molar-refractivity contribution in [3.63, 3.8) is 0 Å². The maximum absolute atomic E-state index is 4.42. The molecule has 5 nitrogen and oxygen atoms in total. The van der Waals surface area contributed by atoms with E-state index in [0.29, 0.717) is 12.1 Å². The van der Waals surface area contributed by atoms with Gasteiger partial charge in [0.2, 0.25) is 0 Å². The molecule has 7 heteroatoms. The second-order valence-electron chi connectivity index (χ2n) is 7.11. The van der Waals surface area contributed by atoms with Gasteiger partial charge in [0.1, 0.15) is 0 Å². The first-order chi connectivity index (χ1) is 13.2. The molecule has 0 saturated carbocycles. The molecule has 1 atom stereocenters. The van der Waals surface area contributed by atoms with Crippen LogP contribution in [0.25, 0.3) is 0 Å². The smallest absolute Gasteiger partial charge is 0.191 e. The van der Waals surface area contributed by atoms with Crippen molar-refractivity contribution in [3.8, 4) is 0 Å². The average Bonchev–Trinajstić information content (AvgIpc) is 3.26. The molecule has 1 aromatic carbocycles. The molecule has 1 aliphatic rings. The molecule has 2 N–H and O–H groups in total. The minimum Gasteiger partial charge on any atom is -0.370 e. The fraction of sp³-hybridized carbons (Fsp3) is 0.476. The Hall–Kier alpha value is -1.48. The fourth-order valence-corrected chi connectivity index (χ4v) is 4.17. The first-order valence-electron chi connectivity index (χ1n) is 9.71. The predicted octanol–water partition coefficient (Wildman–Crippen LogP) is 4.02. The van der Waals surface area contributed by atoms with E-state index in [1.807, 2.05) is 18.4 Å². The molecular weight excluding hydrogens is 481 g/mol. The van der Waals surface area contributed by atoms with Crippen LogP contribution in [0.5, 0.6) is 0 Å². The minimum atomic E-state index is 0. The molecule has 2 aromatic rings. The van der Waals surface area contributed by atoms with Crippen LogP contribution in [0.4, 0.5) is 10.7 Å². The third-order valence-corrected chi connectivity index (χ3v) is 6.20. The Morgan fingerprint density at radius 3 is 2.54 bits per heavy atom. The van der Waals surface area contributed by atoms with Gasteiger partial charge in [-0.25, -0.2) is 0 Å². The molecule has 2 heterocycles. The highest BCUT2D eigenvalue weighted by molar-refractivity contribution is 14.0. The standard InChI is InChI=1S/C21H31N5S.HI/c1-17(25(3)19-8-5-4-6-9-19)16-23-21(22-2)24-18-11-13-26(14-12-18)20-10-7-15-27-20;/h4-10,15,17-18H,11-14,16H2,1-3H3,(H2,22,23,24);1H. The Labute approximate surface area is 190 Å². The van der Waals surface area contributed by atoms with Gasteiger partial charge in [-0.3, -0.25) is 4.99 Å². The summed E-state index contributed by atoms with van der Waals surface area (Å²) in [4.78, 5) is 9.19. The van der Waals surface area contributed by atoms with Crippen LogP contribution in [0.1, 0.15) is 19.8 Å². The lowest BCUT2D eigenvalue weighted by Crippen LogP contribution is -2.51. The number of likely N-dealkylation sites (N-methyl/N-ethyl adjacent to an activating group) is 1.